The molecule has 1 amide bonds. The highest BCUT2D eigenvalue weighted by Crippen LogP contribution is 2.48. The molecule has 126 valence electrons. The number of anilines is 1. The zero-order valence-electron chi connectivity index (χ0n) is 13.6. The lowest BCUT2D eigenvalue weighted by Crippen LogP contribution is -2.14. The van der Waals surface area contributed by atoms with Crippen LogP contribution in [-0.2, 0) is 11.3 Å². The number of nitrogens with one attached hydrogen (secondary N) is 1. The van der Waals surface area contributed by atoms with E-state index in [-0.39, 0.29) is 17.7 Å². The van der Waals surface area contributed by atoms with Crippen molar-refractivity contribution >= 4 is 23.2 Å². The predicted molar refractivity (Wildman–Crippen MR) is 98.7 cm³/mol. The molecular formula is C20H18ClN3O. The molecule has 2 atom stereocenters. The number of nitrogens with zero attached hydrogens (tertiary/aromatic N) is 2. The van der Waals surface area contributed by atoms with E-state index in [0.717, 1.165) is 28.3 Å². The number of amides is 1. The Morgan fingerprint density at radius 1 is 1.20 bits per heavy atom. The van der Waals surface area contributed by atoms with Crippen molar-refractivity contribution in [3.63, 3.8) is 0 Å². The van der Waals surface area contributed by atoms with Crippen molar-refractivity contribution in [1.29, 1.82) is 0 Å². The van der Waals surface area contributed by atoms with Gasteiger partial charge in [-0.1, -0.05) is 35.9 Å². The maximum Gasteiger partial charge on any atom is 0.228 e. The van der Waals surface area contributed by atoms with Gasteiger partial charge in [0.05, 0.1) is 6.54 Å². The van der Waals surface area contributed by atoms with Gasteiger partial charge < -0.3 is 5.32 Å². The molecule has 1 N–H and O–H groups in total. The predicted octanol–water partition coefficient (Wildman–Crippen LogP) is 4.33. The summed E-state index contributed by atoms with van der Waals surface area (Å²) in [6, 6.07) is 17.6. The van der Waals surface area contributed by atoms with Gasteiger partial charge in [-0.05, 0) is 53.8 Å². The fraction of sp³-hybridized carbons (Fsp3) is 0.200. The third kappa shape index (κ3) is 3.74. The lowest BCUT2D eigenvalue weighted by Gasteiger charge is -2.08. The molecule has 1 aliphatic carbocycles. The van der Waals surface area contributed by atoms with Crippen LogP contribution in [0.2, 0.25) is 5.02 Å². The van der Waals surface area contributed by atoms with Crippen LogP contribution in [0.3, 0.4) is 0 Å². The first kappa shape index (κ1) is 15.9. The number of halogens is 1. The van der Waals surface area contributed by atoms with Gasteiger partial charge in [-0.15, -0.1) is 0 Å². The topological polar surface area (TPSA) is 46.9 Å². The molecule has 0 radical (unpaired) electrons. The van der Waals surface area contributed by atoms with Gasteiger partial charge in [0.1, 0.15) is 0 Å². The largest absolute Gasteiger partial charge is 0.326 e. The zero-order chi connectivity index (χ0) is 17.2. The van der Waals surface area contributed by atoms with E-state index in [0.29, 0.717) is 6.54 Å². The van der Waals surface area contributed by atoms with Gasteiger partial charge in [0.2, 0.25) is 5.91 Å². The summed E-state index contributed by atoms with van der Waals surface area (Å²) >= 11 is 6.04. The number of rotatable bonds is 5. The van der Waals surface area contributed by atoms with Crippen LogP contribution in [0.5, 0.6) is 0 Å². The van der Waals surface area contributed by atoms with Gasteiger partial charge in [-0.25, -0.2) is 0 Å². The van der Waals surface area contributed by atoms with Crippen LogP contribution in [0.15, 0.2) is 67.0 Å². The first-order valence-corrected chi connectivity index (χ1v) is 8.69. The second-order valence-corrected chi connectivity index (χ2v) is 6.83. The standard InChI is InChI=1S/C20H18ClN3O/c21-16-6-2-5-15(11-16)18-12-19(18)20(25)23-17-7-1-4-14(10-17)13-24-9-3-8-22-24/h1-11,18-19H,12-13H2,(H,23,25). The van der Waals surface area contributed by atoms with Crippen molar-refractivity contribution in [2.45, 2.75) is 18.9 Å². The van der Waals surface area contributed by atoms with E-state index in [1.54, 1.807) is 6.20 Å². The second-order valence-electron chi connectivity index (χ2n) is 6.40. The molecule has 4 nitrogen and oxygen atoms in total. The summed E-state index contributed by atoms with van der Waals surface area (Å²) in [4.78, 5) is 12.5. The molecule has 1 aromatic heterocycles. The van der Waals surface area contributed by atoms with Crippen LogP contribution in [0.4, 0.5) is 5.69 Å². The van der Waals surface area contributed by atoms with Gasteiger partial charge in [0, 0.05) is 29.0 Å². The lowest BCUT2D eigenvalue weighted by atomic mass is 10.1. The minimum Gasteiger partial charge on any atom is -0.326 e. The molecule has 0 aliphatic heterocycles. The van der Waals surface area contributed by atoms with Gasteiger partial charge in [0.15, 0.2) is 0 Å². The molecule has 0 bridgehead atoms. The minimum atomic E-state index is 0.0215. The third-order valence-corrected chi connectivity index (χ3v) is 4.74. The number of aromatic nitrogens is 2. The van der Waals surface area contributed by atoms with E-state index in [2.05, 4.69) is 10.4 Å². The minimum absolute atomic E-state index is 0.0215. The summed E-state index contributed by atoms with van der Waals surface area (Å²) in [6.45, 7) is 0.686. The van der Waals surface area contributed by atoms with Crippen LogP contribution >= 0.6 is 11.6 Å². The SMILES string of the molecule is O=C(Nc1cccc(Cn2cccn2)c1)C1CC1c1cccc(Cl)c1. The average Bonchev–Trinajstić information content (AvgIpc) is 3.25. The normalized spacial score (nSPS) is 18.8. The Balaban J connectivity index is 1.40. The van der Waals surface area contributed by atoms with Crippen molar-refractivity contribution in [2.24, 2.45) is 5.92 Å². The van der Waals surface area contributed by atoms with Crippen molar-refractivity contribution in [3.8, 4) is 0 Å². The van der Waals surface area contributed by atoms with Crippen molar-refractivity contribution in [2.75, 3.05) is 5.32 Å². The fourth-order valence-electron chi connectivity index (χ4n) is 3.15. The quantitative estimate of drug-likeness (QED) is 0.743. The molecule has 4 rings (SSSR count). The first-order valence-electron chi connectivity index (χ1n) is 8.32. The van der Waals surface area contributed by atoms with E-state index in [1.165, 1.54) is 0 Å². The summed E-state index contributed by atoms with van der Waals surface area (Å²) in [5.74, 6) is 0.361. The molecule has 1 fully saturated rings. The molecule has 5 heteroatoms. The van der Waals surface area contributed by atoms with Crippen LogP contribution in [0, 0.1) is 5.92 Å². The highest BCUT2D eigenvalue weighted by atomic mass is 35.5. The molecule has 1 heterocycles. The Hall–Kier alpha value is -2.59. The highest BCUT2D eigenvalue weighted by Gasteiger charge is 2.43. The van der Waals surface area contributed by atoms with E-state index in [9.17, 15) is 4.79 Å². The Morgan fingerprint density at radius 2 is 2.08 bits per heavy atom. The number of carbonyl (C=O) groups is 1. The van der Waals surface area contributed by atoms with Crippen LogP contribution in [0.25, 0.3) is 0 Å². The monoisotopic (exact) mass is 351 g/mol. The Labute approximate surface area is 151 Å². The smallest absolute Gasteiger partial charge is 0.228 e. The Morgan fingerprint density at radius 3 is 2.88 bits per heavy atom. The summed E-state index contributed by atoms with van der Waals surface area (Å²) in [5, 5.41) is 7.96. The number of hydrogen-bond acceptors (Lipinski definition) is 2. The maximum absolute atomic E-state index is 12.5. The van der Waals surface area contributed by atoms with E-state index < -0.39 is 0 Å². The number of benzene rings is 2. The fourth-order valence-corrected chi connectivity index (χ4v) is 3.35. The lowest BCUT2D eigenvalue weighted by molar-refractivity contribution is -0.117. The Kier molecular flexibility index (Phi) is 4.28. The molecule has 25 heavy (non-hydrogen) atoms. The first-order chi connectivity index (χ1) is 12.2. The molecule has 0 spiro atoms. The van der Waals surface area contributed by atoms with Gasteiger partial charge >= 0.3 is 0 Å². The van der Waals surface area contributed by atoms with Gasteiger partial charge in [-0.3, -0.25) is 9.48 Å². The van der Waals surface area contributed by atoms with Gasteiger partial charge in [-0.2, -0.15) is 5.10 Å². The van der Waals surface area contributed by atoms with E-state index in [1.807, 2.05) is 65.5 Å². The summed E-state index contributed by atoms with van der Waals surface area (Å²) in [5.41, 5.74) is 3.06. The van der Waals surface area contributed by atoms with E-state index in [4.69, 9.17) is 11.6 Å². The highest BCUT2D eigenvalue weighted by molar-refractivity contribution is 6.30. The van der Waals surface area contributed by atoms with Crippen molar-refractivity contribution < 1.29 is 4.79 Å². The molecule has 2 unspecified atom stereocenters. The van der Waals surface area contributed by atoms with Crippen molar-refractivity contribution in [3.05, 3.63) is 83.1 Å². The van der Waals surface area contributed by atoms with E-state index >= 15 is 0 Å². The number of hydrogen-bond donors (Lipinski definition) is 1. The molecule has 0 saturated heterocycles. The van der Waals surface area contributed by atoms with Crippen LogP contribution < -0.4 is 5.32 Å². The molecule has 1 aliphatic rings. The summed E-state index contributed by atoms with van der Waals surface area (Å²) < 4.78 is 1.86. The molecular weight excluding hydrogens is 334 g/mol. The third-order valence-electron chi connectivity index (χ3n) is 4.50. The summed E-state index contributed by atoms with van der Waals surface area (Å²) in [6.07, 6.45) is 4.55. The average molecular weight is 352 g/mol. The summed E-state index contributed by atoms with van der Waals surface area (Å²) in [7, 11) is 0. The second kappa shape index (κ2) is 6.73. The molecule has 1 saturated carbocycles. The van der Waals surface area contributed by atoms with Crippen LogP contribution in [0.1, 0.15) is 23.5 Å². The molecule has 2 aromatic carbocycles. The number of carbonyl (C=O) groups excluding carboxylic acids is 1. The van der Waals surface area contributed by atoms with Gasteiger partial charge in [0.25, 0.3) is 0 Å². The Bertz CT molecular complexity index is 891. The maximum atomic E-state index is 12.5. The zero-order valence-corrected chi connectivity index (χ0v) is 14.4. The van der Waals surface area contributed by atoms with Crippen LogP contribution in [-0.4, -0.2) is 15.7 Å². The molecule has 3 aromatic rings. The van der Waals surface area contributed by atoms with Crippen molar-refractivity contribution in [1.82, 2.24) is 9.78 Å².